The summed E-state index contributed by atoms with van der Waals surface area (Å²) in [6, 6.07) is 14.6. The molecule has 2 rings (SSSR count). The fourth-order valence-corrected chi connectivity index (χ4v) is 1.89. The first-order valence-electron chi connectivity index (χ1n) is 6.51. The van der Waals surface area contributed by atoms with Gasteiger partial charge in [-0.1, -0.05) is 47.5 Å². The smallest absolute Gasteiger partial charge is 0.251 e. The lowest BCUT2D eigenvalue weighted by Crippen LogP contribution is -2.29. The summed E-state index contributed by atoms with van der Waals surface area (Å²) in [6.45, 7) is 3.90. The third-order valence-corrected chi connectivity index (χ3v) is 3.06. The molecule has 0 heterocycles. The lowest BCUT2D eigenvalue weighted by Gasteiger charge is -2.06. The van der Waals surface area contributed by atoms with Crippen molar-refractivity contribution in [1.82, 2.24) is 5.32 Å². The Morgan fingerprint density at radius 3 is 2.25 bits per heavy atom. The van der Waals surface area contributed by atoms with Crippen molar-refractivity contribution in [3.8, 4) is 0 Å². The second kappa shape index (κ2) is 6.15. The minimum absolute atomic E-state index is 0.00976. The molecular weight excluding hydrogens is 250 g/mol. The Morgan fingerprint density at radius 1 is 0.900 bits per heavy atom. The van der Waals surface area contributed by atoms with Crippen LogP contribution in [0.3, 0.4) is 0 Å². The Balaban J connectivity index is 1.96. The predicted molar refractivity (Wildman–Crippen MR) is 79.0 cm³/mol. The van der Waals surface area contributed by atoms with Crippen molar-refractivity contribution in [2.24, 2.45) is 0 Å². The van der Waals surface area contributed by atoms with Crippen LogP contribution >= 0.6 is 0 Å². The topological polar surface area (TPSA) is 46.2 Å². The molecule has 0 saturated heterocycles. The van der Waals surface area contributed by atoms with Gasteiger partial charge in [0.1, 0.15) is 0 Å². The summed E-state index contributed by atoms with van der Waals surface area (Å²) in [5.74, 6) is -0.319. The number of hydrogen-bond donors (Lipinski definition) is 1. The normalized spacial score (nSPS) is 10.1. The van der Waals surface area contributed by atoms with E-state index in [1.807, 2.05) is 38.1 Å². The van der Waals surface area contributed by atoms with E-state index in [4.69, 9.17) is 0 Å². The molecular formula is C17H17NO2. The van der Waals surface area contributed by atoms with E-state index in [0.717, 1.165) is 11.1 Å². The molecule has 0 saturated carbocycles. The first kappa shape index (κ1) is 14.0. The largest absolute Gasteiger partial charge is 0.345 e. The number of ketones is 1. The third kappa shape index (κ3) is 3.54. The lowest BCUT2D eigenvalue weighted by atomic mass is 10.1. The summed E-state index contributed by atoms with van der Waals surface area (Å²) >= 11 is 0. The first-order valence-corrected chi connectivity index (χ1v) is 6.51. The van der Waals surface area contributed by atoms with Gasteiger partial charge in [0.2, 0.25) is 0 Å². The number of hydrogen-bond acceptors (Lipinski definition) is 2. The van der Waals surface area contributed by atoms with Crippen LogP contribution in [0.5, 0.6) is 0 Å². The van der Waals surface area contributed by atoms with Gasteiger partial charge in [0.25, 0.3) is 5.91 Å². The average molecular weight is 267 g/mol. The van der Waals surface area contributed by atoms with Gasteiger partial charge in [0, 0.05) is 11.1 Å². The SMILES string of the molecule is Cc1ccc(C(=O)CNC(=O)c2cccc(C)c2)cc1. The molecule has 102 valence electrons. The minimum Gasteiger partial charge on any atom is -0.345 e. The van der Waals surface area contributed by atoms with Gasteiger partial charge < -0.3 is 5.32 Å². The van der Waals surface area contributed by atoms with Gasteiger partial charge in [-0.3, -0.25) is 9.59 Å². The highest BCUT2D eigenvalue weighted by Crippen LogP contribution is 2.05. The van der Waals surface area contributed by atoms with Crippen LogP contribution in [0.4, 0.5) is 0 Å². The predicted octanol–water partition coefficient (Wildman–Crippen LogP) is 2.92. The van der Waals surface area contributed by atoms with E-state index in [1.54, 1.807) is 24.3 Å². The quantitative estimate of drug-likeness (QED) is 0.866. The molecule has 0 aromatic heterocycles. The summed E-state index contributed by atoms with van der Waals surface area (Å²) in [5.41, 5.74) is 3.30. The zero-order valence-electron chi connectivity index (χ0n) is 11.6. The molecule has 0 bridgehead atoms. The van der Waals surface area contributed by atoms with E-state index in [2.05, 4.69) is 5.32 Å². The van der Waals surface area contributed by atoms with Crippen molar-refractivity contribution < 1.29 is 9.59 Å². The standard InChI is InChI=1S/C17H17NO2/c1-12-6-8-14(9-7-12)16(19)11-18-17(20)15-5-3-4-13(2)10-15/h3-10H,11H2,1-2H3,(H,18,20). The van der Waals surface area contributed by atoms with Crippen LogP contribution in [-0.2, 0) is 0 Å². The maximum Gasteiger partial charge on any atom is 0.251 e. The number of rotatable bonds is 4. The van der Waals surface area contributed by atoms with Gasteiger partial charge in [-0.15, -0.1) is 0 Å². The molecule has 0 aliphatic rings. The zero-order chi connectivity index (χ0) is 14.5. The van der Waals surface area contributed by atoms with E-state index in [9.17, 15) is 9.59 Å². The summed E-state index contributed by atoms with van der Waals surface area (Å²) in [5, 5.41) is 2.65. The highest BCUT2D eigenvalue weighted by molar-refractivity contribution is 6.02. The molecule has 0 aliphatic carbocycles. The van der Waals surface area contributed by atoms with Crippen molar-refractivity contribution >= 4 is 11.7 Å². The summed E-state index contributed by atoms with van der Waals surface area (Å²) in [7, 11) is 0. The monoisotopic (exact) mass is 267 g/mol. The lowest BCUT2D eigenvalue weighted by molar-refractivity contribution is 0.0904. The number of nitrogens with one attached hydrogen (secondary N) is 1. The maximum atomic E-state index is 11.9. The van der Waals surface area contributed by atoms with Crippen LogP contribution in [0.25, 0.3) is 0 Å². The van der Waals surface area contributed by atoms with E-state index in [1.165, 1.54) is 0 Å². The van der Waals surface area contributed by atoms with Crippen molar-refractivity contribution in [3.63, 3.8) is 0 Å². The fourth-order valence-electron chi connectivity index (χ4n) is 1.89. The van der Waals surface area contributed by atoms with Gasteiger partial charge in [-0.05, 0) is 26.0 Å². The number of carbonyl (C=O) groups excluding carboxylic acids is 2. The highest BCUT2D eigenvalue weighted by Gasteiger charge is 2.09. The molecule has 20 heavy (non-hydrogen) atoms. The third-order valence-electron chi connectivity index (χ3n) is 3.06. The molecule has 0 radical (unpaired) electrons. The Labute approximate surface area is 118 Å². The summed E-state index contributed by atoms with van der Waals surface area (Å²) in [6.07, 6.45) is 0. The van der Waals surface area contributed by atoms with Crippen LogP contribution in [0.1, 0.15) is 31.8 Å². The Morgan fingerprint density at radius 2 is 1.60 bits per heavy atom. The van der Waals surface area contributed by atoms with Crippen LogP contribution in [0.2, 0.25) is 0 Å². The number of amides is 1. The zero-order valence-corrected chi connectivity index (χ0v) is 11.6. The van der Waals surface area contributed by atoms with E-state index in [-0.39, 0.29) is 18.2 Å². The van der Waals surface area contributed by atoms with Gasteiger partial charge in [-0.2, -0.15) is 0 Å². The Kier molecular flexibility index (Phi) is 4.31. The van der Waals surface area contributed by atoms with E-state index in [0.29, 0.717) is 11.1 Å². The number of carbonyl (C=O) groups is 2. The molecule has 2 aromatic rings. The van der Waals surface area contributed by atoms with Crippen molar-refractivity contribution in [1.29, 1.82) is 0 Å². The van der Waals surface area contributed by atoms with E-state index >= 15 is 0 Å². The fraction of sp³-hybridized carbons (Fsp3) is 0.176. The summed E-state index contributed by atoms with van der Waals surface area (Å²) in [4.78, 5) is 23.9. The average Bonchev–Trinajstić information content (AvgIpc) is 2.45. The van der Waals surface area contributed by atoms with Crippen LogP contribution in [0.15, 0.2) is 48.5 Å². The van der Waals surface area contributed by atoms with Crippen LogP contribution in [0, 0.1) is 13.8 Å². The minimum atomic E-state index is -0.228. The highest BCUT2D eigenvalue weighted by atomic mass is 16.2. The van der Waals surface area contributed by atoms with Gasteiger partial charge in [0.05, 0.1) is 6.54 Å². The second-order valence-corrected chi connectivity index (χ2v) is 4.84. The maximum absolute atomic E-state index is 11.9. The summed E-state index contributed by atoms with van der Waals surface area (Å²) < 4.78 is 0. The number of benzene rings is 2. The Hall–Kier alpha value is -2.42. The number of aryl methyl sites for hydroxylation is 2. The van der Waals surface area contributed by atoms with Crippen molar-refractivity contribution in [3.05, 3.63) is 70.8 Å². The molecule has 0 spiro atoms. The van der Waals surface area contributed by atoms with Crippen molar-refractivity contribution in [2.45, 2.75) is 13.8 Å². The van der Waals surface area contributed by atoms with E-state index < -0.39 is 0 Å². The van der Waals surface area contributed by atoms with Gasteiger partial charge in [0.15, 0.2) is 5.78 Å². The molecule has 0 fully saturated rings. The van der Waals surface area contributed by atoms with Gasteiger partial charge in [-0.25, -0.2) is 0 Å². The Bertz CT molecular complexity index is 630. The molecule has 3 heteroatoms. The molecule has 2 aromatic carbocycles. The molecule has 1 N–H and O–H groups in total. The first-order chi connectivity index (χ1) is 9.56. The molecule has 3 nitrogen and oxygen atoms in total. The molecule has 0 unspecified atom stereocenters. The molecule has 0 atom stereocenters. The molecule has 0 aliphatic heterocycles. The number of Topliss-reactive ketones (excluding diaryl/α,β-unsaturated/α-hetero) is 1. The van der Waals surface area contributed by atoms with Crippen LogP contribution in [-0.4, -0.2) is 18.2 Å². The van der Waals surface area contributed by atoms with Gasteiger partial charge >= 0.3 is 0 Å². The second-order valence-electron chi connectivity index (χ2n) is 4.84. The molecule has 1 amide bonds. The van der Waals surface area contributed by atoms with Crippen LogP contribution < -0.4 is 5.32 Å². The van der Waals surface area contributed by atoms with Crippen molar-refractivity contribution in [2.75, 3.05) is 6.54 Å².